The molecular formula is C22H28BrNO3. The molecule has 5 heteroatoms. The second-order valence-electron chi connectivity index (χ2n) is 6.56. The van der Waals surface area contributed by atoms with E-state index in [4.69, 9.17) is 9.47 Å². The summed E-state index contributed by atoms with van der Waals surface area (Å²) >= 11 is 3.44. The van der Waals surface area contributed by atoms with Gasteiger partial charge in [0.2, 0.25) is 0 Å². The number of aryl methyl sites for hydroxylation is 1. The van der Waals surface area contributed by atoms with E-state index in [0.717, 1.165) is 34.5 Å². The van der Waals surface area contributed by atoms with E-state index < -0.39 is 0 Å². The standard InChI is InChI=1S/C22H28BrNO3/c1-3-4-5-6-7-14-26-19-11-9-18(10-12-19)24-22(25)16-27-21-13-8-17(2)15-20(21)23/h8-13,15H,3-7,14,16H2,1-2H3,(H,24,25). The molecule has 1 amide bonds. The van der Waals surface area contributed by atoms with Crippen LogP contribution in [0.4, 0.5) is 5.69 Å². The van der Waals surface area contributed by atoms with Crippen LogP contribution in [0.2, 0.25) is 0 Å². The van der Waals surface area contributed by atoms with Crippen LogP contribution in [-0.2, 0) is 4.79 Å². The maximum absolute atomic E-state index is 12.1. The lowest BCUT2D eigenvalue weighted by molar-refractivity contribution is -0.118. The number of hydrogen-bond acceptors (Lipinski definition) is 3. The topological polar surface area (TPSA) is 47.6 Å². The Morgan fingerprint density at radius 3 is 2.44 bits per heavy atom. The van der Waals surface area contributed by atoms with Crippen molar-refractivity contribution in [3.63, 3.8) is 0 Å². The quantitative estimate of drug-likeness (QED) is 0.433. The van der Waals surface area contributed by atoms with Gasteiger partial charge in [-0.3, -0.25) is 4.79 Å². The molecule has 1 N–H and O–H groups in total. The zero-order chi connectivity index (χ0) is 19.5. The minimum Gasteiger partial charge on any atom is -0.494 e. The molecule has 0 aromatic heterocycles. The number of rotatable bonds is 11. The number of amides is 1. The van der Waals surface area contributed by atoms with Gasteiger partial charge in [-0.25, -0.2) is 0 Å². The summed E-state index contributed by atoms with van der Waals surface area (Å²) in [5.74, 6) is 1.27. The number of nitrogens with one attached hydrogen (secondary N) is 1. The van der Waals surface area contributed by atoms with Crippen LogP contribution in [0.25, 0.3) is 0 Å². The summed E-state index contributed by atoms with van der Waals surface area (Å²) in [6.07, 6.45) is 6.09. The Hall–Kier alpha value is -2.01. The van der Waals surface area contributed by atoms with E-state index in [0.29, 0.717) is 5.75 Å². The van der Waals surface area contributed by atoms with Gasteiger partial charge >= 0.3 is 0 Å². The van der Waals surface area contributed by atoms with Crippen LogP contribution in [0, 0.1) is 6.92 Å². The number of carbonyl (C=O) groups excluding carboxylic acids is 1. The van der Waals surface area contributed by atoms with Crippen molar-refractivity contribution in [2.24, 2.45) is 0 Å². The van der Waals surface area contributed by atoms with Gasteiger partial charge in [-0.15, -0.1) is 0 Å². The van der Waals surface area contributed by atoms with Crippen molar-refractivity contribution in [3.05, 3.63) is 52.5 Å². The maximum atomic E-state index is 12.1. The third kappa shape index (κ3) is 8.04. The molecule has 0 aliphatic rings. The third-order valence-corrected chi connectivity index (χ3v) is 4.72. The highest BCUT2D eigenvalue weighted by atomic mass is 79.9. The van der Waals surface area contributed by atoms with E-state index in [1.807, 2.05) is 49.4 Å². The highest BCUT2D eigenvalue weighted by Gasteiger charge is 2.07. The molecule has 146 valence electrons. The molecule has 2 aromatic carbocycles. The Kier molecular flexibility index (Phi) is 9.19. The molecule has 0 spiro atoms. The van der Waals surface area contributed by atoms with Crippen molar-refractivity contribution in [2.45, 2.75) is 46.0 Å². The van der Waals surface area contributed by atoms with Gasteiger partial charge in [-0.1, -0.05) is 38.7 Å². The van der Waals surface area contributed by atoms with Crippen LogP contribution < -0.4 is 14.8 Å². The molecule has 2 aromatic rings. The van der Waals surface area contributed by atoms with Gasteiger partial charge in [-0.05, 0) is 71.2 Å². The fourth-order valence-electron chi connectivity index (χ4n) is 2.59. The second kappa shape index (κ2) is 11.7. The van der Waals surface area contributed by atoms with Crippen molar-refractivity contribution in [1.29, 1.82) is 0 Å². The summed E-state index contributed by atoms with van der Waals surface area (Å²) in [4.78, 5) is 12.1. The van der Waals surface area contributed by atoms with Crippen LogP contribution in [0.15, 0.2) is 46.9 Å². The SMILES string of the molecule is CCCCCCCOc1ccc(NC(=O)COc2ccc(C)cc2Br)cc1. The Bertz CT molecular complexity index is 716. The van der Waals surface area contributed by atoms with Gasteiger partial charge in [0.15, 0.2) is 6.61 Å². The van der Waals surface area contributed by atoms with Gasteiger partial charge in [0, 0.05) is 5.69 Å². The number of carbonyl (C=O) groups is 1. The Morgan fingerprint density at radius 1 is 1.00 bits per heavy atom. The van der Waals surface area contributed by atoms with Gasteiger partial charge < -0.3 is 14.8 Å². The minimum atomic E-state index is -0.202. The lowest BCUT2D eigenvalue weighted by Crippen LogP contribution is -2.20. The van der Waals surface area contributed by atoms with E-state index in [1.165, 1.54) is 25.7 Å². The molecule has 2 rings (SSSR count). The molecule has 0 saturated heterocycles. The van der Waals surface area contributed by atoms with Crippen molar-refractivity contribution in [2.75, 3.05) is 18.5 Å². The fourth-order valence-corrected chi connectivity index (χ4v) is 3.20. The first-order valence-corrected chi connectivity index (χ1v) is 10.3. The van der Waals surface area contributed by atoms with E-state index in [2.05, 4.69) is 28.2 Å². The zero-order valence-corrected chi connectivity index (χ0v) is 17.7. The molecule has 0 radical (unpaired) electrons. The third-order valence-electron chi connectivity index (χ3n) is 4.10. The minimum absolute atomic E-state index is 0.0440. The van der Waals surface area contributed by atoms with Crippen LogP contribution in [0.3, 0.4) is 0 Å². The lowest BCUT2D eigenvalue weighted by atomic mass is 10.2. The second-order valence-corrected chi connectivity index (χ2v) is 7.41. The number of anilines is 1. The van der Waals surface area contributed by atoms with Crippen molar-refractivity contribution >= 4 is 27.5 Å². The van der Waals surface area contributed by atoms with Gasteiger partial charge in [0.1, 0.15) is 11.5 Å². The van der Waals surface area contributed by atoms with Crippen LogP contribution in [-0.4, -0.2) is 19.1 Å². The number of unbranched alkanes of at least 4 members (excludes halogenated alkanes) is 4. The van der Waals surface area contributed by atoms with Crippen molar-refractivity contribution in [3.8, 4) is 11.5 Å². The van der Waals surface area contributed by atoms with Gasteiger partial charge in [0.25, 0.3) is 5.91 Å². The summed E-state index contributed by atoms with van der Waals surface area (Å²) in [7, 11) is 0. The number of benzene rings is 2. The Morgan fingerprint density at radius 2 is 1.74 bits per heavy atom. The summed E-state index contributed by atoms with van der Waals surface area (Å²) in [5, 5.41) is 2.83. The highest BCUT2D eigenvalue weighted by molar-refractivity contribution is 9.10. The molecule has 27 heavy (non-hydrogen) atoms. The normalized spacial score (nSPS) is 10.5. The predicted molar refractivity (Wildman–Crippen MR) is 114 cm³/mol. The monoisotopic (exact) mass is 433 g/mol. The average molecular weight is 434 g/mol. The van der Waals surface area contributed by atoms with Crippen LogP contribution >= 0.6 is 15.9 Å². The molecule has 0 fully saturated rings. The number of ether oxygens (including phenoxy) is 2. The highest BCUT2D eigenvalue weighted by Crippen LogP contribution is 2.25. The molecule has 4 nitrogen and oxygen atoms in total. The molecule has 0 unspecified atom stereocenters. The summed E-state index contributed by atoms with van der Waals surface area (Å²) < 4.78 is 12.1. The molecule has 0 atom stereocenters. The van der Waals surface area contributed by atoms with E-state index in [9.17, 15) is 4.79 Å². The van der Waals surface area contributed by atoms with Gasteiger partial charge in [-0.2, -0.15) is 0 Å². The maximum Gasteiger partial charge on any atom is 0.262 e. The van der Waals surface area contributed by atoms with Crippen LogP contribution in [0.1, 0.15) is 44.6 Å². The average Bonchev–Trinajstić information content (AvgIpc) is 2.65. The predicted octanol–water partition coefficient (Wildman–Crippen LogP) is 6.12. The molecule has 0 heterocycles. The molecule has 0 aliphatic heterocycles. The fraction of sp³-hybridized carbons (Fsp3) is 0.409. The number of hydrogen-bond donors (Lipinski definition) is 1. The van der Waals surface area contributed by atoms with Crippen LogP contribution in [0.5, 0.6) is 11.5 Å². The first kappa shape index (κ1) is 21.3. The smallest absolute Gasteiger partial charge is 0.262 e. The van der Waals surface area contributed by atoms with Crippen molar-refractivity contribution in [1.82, 2.24) is 0 Å². The summed E-state index contributed by atoms with van der Waals surface area (Å²) in [6, 6.07) is 13.2. The lowest BCUT2D eigenvalue weighted by Gasteiger charge is -2.10. The Balaban J connectivity index is 1.71. The summed E-state index contributed by atoms with van der Waals surface area (Å²) in [5.41, 5.74) is 1.85. The largest absolute Gasteiger partial charge is 0.494 e. The van der Waals surface area contributed by atoms with E-state index >= 15 is 0 Å². The number of halogens is 1. The molecule has 0 aliphatic carbocycles. The van der Waals surface area contributed by atoms with E-state index in [-0.39, 0.29) is 12.5 Å². The Labute approximate surface area is 170 Å². The summed E-state index contributed by atoms with van der Waals surface area (Å²) in [6.45, 7) is 4.90. The zero-order valence-electron chi connectivity index (χ0n) is 16.1. The van der Waals surface area contributed by atoms with Gasteiger partial charge in [0.05, 0.1) is 11.1 Å². The molecule has 0 saturated carbocycles. The molecular weight excluding hydrogens is 406 g/mol. The molecule has 0 bridgehead atoms. The van der Waals surface area contributed by atoms with E-state index in [1.54, 1.807) is 0 Å². The first-order chi connectivity index (χ1) is 13.1. The first-order valence-electron chi connectivity index (χ1n) is 9.50. The van der Waals surface area contributed by atoms with Crippen molar-refractivity contribution < 1.29 is 14.3 Å².